The molecule has 0 saturated carbocycles. The number of aromatic nitrogens is 2. The number of carbonyl (C=O) groups is 2. The Balaban J connectivity index is 1.69. The Hall–Kier alpha value is -2.96. The van der Waals surface area contributed by atoms with Crippen LogP contribution in [-0.4, -0.2) is 57.8 Å². The molecule has 2 aromatic rings. The number of nitrogens with one attached hydrogen (secondary N) is 1. The smallest absolute Gasteiger partial charge is 0.272 e. The van der Waals surface area contributed by atoms with Crippen molar-refractivity contribution < 1.29 is 9.59 Å². The van der Waals surface area contributed by atoms with E-state index >= 15 is 0 Å². The molecule has 0 aliphatic carbocycles. The van der Waals surface area contributed by atoms with Crippen LogP contribution in [0.5, 0.6) is 0 Å². The quantitative estimate of drug-likeness (QED) is 0.894. The molecule has 1 saturated heterocycles. The molecule has 3 rings (SSSR count). The molecule has 1 aromatic carbocycles. The number of amides is 2. The Labute approximate surface area is 159 Å². The van der Waals surface area contributed by atoms with E-state index in [9.17, 15) is 9.59 Å². The summed E-state index contributed by atoms with van der Waals surface area (Å²) >= 11 is 0. The lowest BCUT2D eigenvalue weighted by Gasteiger charge is -2.34. The maximum Gasteiger partial charge on any atom is 0.272 e. The van der Waals surface area contributed by atoms with Crippen molar-refractivity contribution in [2.75, 3.05) is 31.5 Å². The lowest BCUT2D eigenvalue weighted by molar-refractivity contribution is -0.130. The summed E-state index contributed by atoms with van der Waals surface area (Å²) in [6.07, 6.45) is 0. The first-order chi connectivity index (χ1) is 12.9. The molecule has 142 valence electrons. The third-order valence-electron chi connectivity index (χ3n) is 4.78. The highest BCUT2D eigenvalue weighted by atomic mass is 16.2. The lowest BCUT2D eigenvalue weighted by atomic mass is 10.1. The van der Waals surface area contributed by atoms with Crippen molar-refractivity contribution in [3.8, 4) is 0 Å². The van der Waals surface area contributed by atoms with Gasteiger partial charge in [-0.3, -0.25) is 9.59 Å². The first kappa shape index (κ1) is 18.8. The van der Waals surface area contributed by atoms with Crippen LogP contribution in [0.1, 0.15) is 34.2 Å². The van der Waals surface area contributed by atoms with Crippen LogP contribution in [0.3, 0.4) is 0 Å². The number of hydrogen-bond donors (Lipinski definition) is 1. The summed E-state index contributed by atoms with van der Waals surface area (Å²) < 4.78 is 0. The molecule has 0 spiro atoms. The van der Waals surface area contributed by atoms with E-state index in [1.165, 1.54) is 5.56 Å². The second kappa shape index (κ2) is 8.16. The Morgan fingerprint density at radius 1 is 1.04 bits per heavy atom. The molecule has 2 heterocycles. The molecule has 0 radical (unpaired) electrons. The average Bonchev–Trinajstić information content (AvgIpc) is 2.66. The van der Waals surface area contributed by atoms with Crippen molar-refractivity contribution in [3.05, 3.63) is 52.8 Å². The van der Waals surface area contributed by atoms with Gasteiger partial charge in [-0.25, -0.2) is 9.97 Å². The standard InChI is InChI=1S/C20H25N5O2/c1-14-6-4-5-7-17(14)13-21-20-22-15(2)12-18(23-20)19(27)25-10-8-24(9-11-25)16(3)26/h4-7,12H,8-11,13H2,1-3H3,(H,21,22,23). The first-order valence-corrected chi connectivity index (χ1v) is 9.13. The van der Waals surface area contributed by atoms with E-state index in [-0.39, 0.29) is 11.8 Å². The Morgan fingerprint density at radius 3 is 2.37 bits per heavy atom. The largest absolute Gasteiger partial charge is 0.350 e. The van der Waals surface area contributed by atoms with Crippen LogP contribution >= 0.6 is 0 Å². The molecular formula is C20H25N5O2. The molecule has 7 nitrogen and oxygen atoms in total. The molecule has 1 aliphatic heterocycles. The van der Waals surface area contributed by atoms with Crippen LogP contribution in [0.15, 0.2) is 30.3 Å². The monoisotopic (exact) mass is 367 g/mol. The SMILES string of the molecule is CC(=O)N1CCN(C(=O)c2cc(C)nc(NCc3ccccc3C)n2)CC1. The normalized spacial score (nSPS) is 14.2. The van der Waals surface area contributed by atoms with Gasteiger partial charge in [-0.2, -0.15) is 0 Å². The number of hydrogen-bond acceptors (Lipinski definition) is 5. The van der Waals surface area contributed by atoms with Gasteiger partial charge in [0.15, 0.2) is 0 Å². The van der Waals surface area contributed by atoms with Gasteiger partial charge in [-0.15, -0.1) is 0 Å². The van der Waals surface area contributed by atoms with Gasteiger partial charge >= 0.3 is 0 Å². The number of anilines is 1. The summed E-state index contributed by atoms with van der Waals surface area (Å²) in [5.41, 5.74) is 3.47. The van der Waals surface area contributed by atoms with E-state index in [4.69, 9.17) is 0 Å². The highest BCUT2D eigenvalue weighted by molar-refractivity contribution is 5.93. The van der Waals surface area contributed by atoms with E-state index in [1.54, 1.807) is 22.8 Å². The zero-order valence-corrected chi connectivity index (χ0v) is 16.0. The van der Waals surface area contributed by atoms with Gasteiger partial charge in [0.1, 0.15) is 5.69 Å². The number of nitrogens with zero attached hydrogens (tertiary/aromatic N) is 4. The minimum absolute atomic E-state index is 0.0441. The van der Waals surface area contributed by atoms with Gasteiger partial charge in [0.2, 0.25) is 11.9 Å². The van der Waals surface area contributed by atoms with Gasteiger partial charge in [-0.1, -0.05) is 24.3 Å². The zero-order valence-electron chi connectivity index (χ0n) is 16.0. The molecule has 1 aliphatic rings. The molecule has 0 bridgehead atoms. The minimum atomic E-state index is -0.123. The zero-order chi connectivity index (χ0) is 19.4. The maximum absolute atomic E-state index is 12.8. The van der Waals surface area contributed by atoms with Crippen LogP contribution in [0.25, 0.3) is 0 Å². The molecular weight excluding hydrogens is 342 g/mol. The van der Waals surface area contributed by atoms with E-state index < -0.39 is 0 Å². The summed E-state index contributed by atoms with van der Waals surface area (Å²) in [6.45, 7) is 8.22. The van der Waals surface area contributed by atoms with Crippen LogP contribution in [0.2, 0.25) is 0 Å². The summed E-state index contributed by atoms with van der Waals surface area (Å²) in [6, 6.07) is 9.82. The highest BCUT2D eigenvalue weighted by Crippen LogP contribution is 2.13. The third kappa shape index (κ3) is 4.61. The van der Waals surface area contributed by atoms with Crippen molar-refractivity contribution in [1.82, 2.24) is 19.8 Å². The van der Waals surface area contributed by atoms with E-state index in [0.29, 0.717) is 44.4 Å². The average molecular weight is 367 g/mol. The summed E-state index contributed by atoms with van der Waals surface area (Å²) in [5, 5.41) is 3.22. The second-order valence-corrected chi connectivity index (χ2v) is 6.80. The summed E-state index contributed by atoms with van der Waals surface area (Å²) in [7, 11) is 0. The Morgan fingerprint density at radius 2 is 1.70 bits per heavy atom. The molecule has 0 unspecified atom stereocenters. The van der Waals surface area contributed by atoms with Gasteiger partial charge in [0, 0.05) is 45.3 Å². The van der Waals surface area contributed by atoms with Gasteiger partial charge in [-0.05, 0) is 31.0 Å². The maximum atomic E-state index is 12.8. The van der Waals surface area contributed by atoms with Crippen molar-refractivity contribution in [1.29, 1.82) is 0 Å². The van der Waals surface area contributed by atoms with Gasteiger partial charge < -0.3 is 15.1 Å². The first-order valence-electron chi connectivity index (χ1n) is 9.13. The van der Waals surface area contributed by atoms with Crippen molar-refractivity contribution in [2.24, 2.45) is 0 Å². The minimum Gasteiger partial charge on any atom is -0.350 e. The highest BCUT2D eigenvalue weighted by Gasteiger charge is 2.24. The fourth-order valence-electron chi connectivity index (χ4n) is 3.13. The molecule has 7 heteroatoms. The molecule has 1 aromatic heterocycles. The lowest BCUT2D eigenvalue weighted by Crippen LogP contribution is -2.50. The van der Waals surface area contributed by atoms with E-state index in [2.05, 4.69) is 34.3 Å². The van der Waals surface area contributed by atoms with Gasteiger partial charge in [0.25, 0.3) is 5.91 Å². The van der Waals surface area contributed by atoms with Crippen LogP contribution < -0.4 is 5.32 Å². The number of carbonyl (C=O) groups excluding carboxylic acids is 2. The fourth-order valence-corrected chi connectivity index (χ4v) is 3.13. The molecule has 1 N–H and O–H groups in total. The Kier molecular flexibility index (Phi) is 5.69. The van der Waals surface area contributed by atoms with Gasteiger partial charge in [0.05, 0.1) is 0 Å². The number of piperazine rings is 1. The summed E-state index contributed by atoms with van der Waals surface area (Å²) in [5.74, 6) is 0.370. The molecule has 1 fully saturated rings. The molecule has 0 atom stereocenters. The predicted octanol–water partition coefficient (Wildman–Crippen LogP) is 2.01. The van der Waals surface area contributed by atoms with Crippen LogP contribution in [-0.2, 0) is 11.3 Å². The third-order valence-corrected chi connectivity index (χ3v) is 4.78. The van der Waals surface area contributed by atoms with Crippen molar-refractivity contribution >= 4 is 17.8 Å². The van der Waals surface area contributed by atoms with Crippen LogP contribution in [0.4, 0.5) is 5.95 Å². The Bertz CT molecular complexity index is 844. The molecule has 2 amide bonds. The van der Waals surface area contributed by atoms with Crippen molar-refractivity contribution in [3.63, 3.8) is 0 Å². The van der Waals surface area contributed by atoms with Crippen molar-refractivity contribution in [2.45, 2.75) is 27.3 Å². The number of aryl methyl sites for hydroxylation is 2. The summed E-state index contributed by atoms with van der Waals surface area (Å²) in [4.78, 5) is 36.6. The second-order valence-electron chi connectivity index (χ2n) is 6.80. The molecule has 27 heavy (non-hydrogen) atoms. The number of rotatable bonds is 4. The topological polar surface area (TPSA) is 78.4 Å². The number of benzene rings is 1. The predicted molar refractivity (Wildman–Crippen MR) is 103 cm³/mol. The van der Waals surface area contributed by atoms with Crippen LogP contribution in [0, 0.1) is 13.8 Å². The fraction of sp³-hybridized carbons (Fsp3) is 0.400. The van der Waals surface area contributed by atoms with E-state index in [0.717, 1.165) is 11.3 Å². The van der Waals surface area contributed by atoms with E-state index in [1.807, 2.05) is 19.1 Å².